The van der Waals surface area contributed by atoms with Crippen molar-refractivity contribution < 1.29 is 4.79 Å². The van der Waals surface area contributed by atoms with Crippen LogP contribution in [-0.2, 0) is 4.79 Å². The van der Waals surface area contributed by atoms with E-state index < -0.39 is 0 Å². The van der Waals surface area contributed by atoms with Gasteiger partial charge in [0, 0.05) is 0 Å². The van der Waals surface area contributed by atoms with Crippen LogP contribution in [0.1, 0.15) is 19.3 Å². The molecule has 3 N–H and O–H groups in total. The second-order valence-electron chi connectivity index (χ2n) is 3.31. The fourth-order valence-corrected chi connectivity index (χ4v) is 1.94. The van der Waals surface area contributed by atoms with Gasteiger partial charge in [0.2, 0.25) is 5.91 Å². The van der Waals surface area contributed by atoms with Gasteiger partial charge in [-0.05, 0) is 31.7 Å². The Balaban J connectivity index is 0.000000605. The minimum atomic E-state index is -0.266. The molecular weight excluding hydrogens is 164 g/mol. The molecule has 2 atom stereocenters. The number of primary amides is 1. The lowest BCUT2D eigenvalue weighted by Gasteiger charge is -2.19. The zero-order valence-electron chi connectivity index (χ0n) is 6.30. The Bertz CT molecular complexity index is 185. The topological polar surface area (TPSA) is 55.1 Å². The molecule has 1 aliphatic carbocycles. The number of nitrogens with two attached hydrogens (primary N) is 1. The van der Waals surface area contributed by atoms with E-state index in [1.807, 2.05) is 0 Å². The second kappa shape index (κ2) is 2.64. The first-order chi connectivity index (χ1) is 4.76. The number of carbonyl (C=O) groups is 1. The predicted octanol–water partition coefficient (Wildman–Crippen LogP) is 0.0356. The van der Waals surface area contributed by atoms with Gasteiger partial charge >= 0.3 is 0 Å². The van der Waals surface area contributed by atoms with Gasteiger partial charge in [0.25, 0.3) is 0 Å². The summed E-state index contributed by atoms with van der Waals surface area (Å²) in [5.74, 6) is 0.399. The van der Waals surface area contributed by atoms with Crippen molar-refractivity contribution >= 4 is 18.3 Å². The summed E-state index contributed by atoms with van der Waals surface area (Å²) in [4.78, 5) is 10.9. The van der Waals surface area contributed by atoms with Gasteiger partial charge in [-0.1, -0.05) is 0 Å². The summed E-state index contributed by atoms with van der Waals surface area (Å²) in [5.41, 5.74) is 4.98. The minimum Gasteiger partial charge on any atom is -0.368 e. The summed E-state index contributed by atoms with van der Waals surface area (Å²) in [5, 5.41) is 3.19. The quantitative estimate of drug-likeness (QED) is 0.593. The van der Waals surface area contributed by atoms with E-state index in [4.69, 9.17) is 5.73 Å². The lowest BCUT2D eigenvalue weighted by molar-refractivity contribution is -0.121. The average molecular weight is 177 g/mol. The van der Waals surface area contributed by atoms with Crippen molar-refractivity contribution in [2.75, 3.05) is 6.54 Å². The first kappa shape index (κ1) is 8.81. The van der Waals surface area contributed by atoms with E-state index in [0.717, 1.165) is 13.0 Å². The Morgan fingerprint density at radius 3 is 2.82 bits per heavy atom. The van der Waals surface area contributed by atoms with Gasteiger partial charge in [0.05, 0.1) is 0 Å². The monoisotopic (exact) mass is 176 g/mol. The molecule has 2 aliphatic rings. The van der Waals surface area contributed by atoms with Gasteiger partial charge in [0.15, 0.2) is 0 Å². The van der Waals surface area contributed by atoms with Gasteiger partial charge in [-0.15, -0.1) is 12.4 Å². The molecule has 0 aromatic carbocycles. The third kappa shape index (κ3) is 1.12. The number of hydrogen-bond donors (Lipinski definition) is 2. The fraction of sp³-hybridized carbons (Fsp3) is 0.857. The number of piperidine rings is 1. The molecule has 0 bridgehead atoms. The molecule has 0 aromatic heterocycles. The lowest BCUT2D eigenvalue weighted by Crippen LogP contribution is -2.47. The van der Waals surface area contributed by atoms with Crippen LogP contribution in [0.4, 0.5) is 0 Å². The fourth-order valence-electron chi connectivity index (χ4n) is 1.94. The van der Waals surface area contributed by atoms with E-state index in [1.54, 1.807) is 0 Å². The standard InChI is InChI=1S/C7H12N2O.ClH/c8-6(10)7-4-5(7)2-1-3-9-7;/h5,9H,1-4H2,(H2,8,10);1H/t5?,7-;/m0./s1. The van der Waals surface area contributed by atoms with Crippen LogP contribution >= 0.6 is 12.4 Å². The molecular formula is C7H13ClN2O. The maximum Gasteiger partial charge on any atom is 0.238 e. The molecule has 4 heteroatoms. The normalized spacial score (nSPS) is 40.2. The van der Waals surface area contributed by atoms with Gasteiger partial charge in [-0.3, -0.25) is 4.79 Å². The van der Waals surface area contributed by atoms with Crippen LogP contribution in [-0.4, -0.2) is 18.0 Å². The van der Waals surface area contributed by atoms with Crippen LogP contribution in [0.2, 0.25) is 0 Å². The van der Waals surface area contributed by atoms with Crippen LogP contribution in [0.5, 0.6) is 0 Å². The van der Waals surface area contributed by atoms with Gasteiger partial charge in [0.1, 0.15) is 5.54 Å². The van der Waals surface area contributed by atoms with E-state index in [9.17, 15) is 4.79 Å². The molecule has 0 radical (unpaired) electrons. The first-order valence-electron chi connectivity index (χ1n) is 3.81. The van der Waals surface area contributed by atoms with Crippen molar-refractivity contribution in [3.05, 3.63) is 0 Å². The molecule has 2 fully saturated rings. The largest absolute Gasteiger partial charge is 0.368 e. The summed E-state index contributed by atoms with van der Waals surface area (Å²) < 4.78 is 0. The number of halogens is 1. The molecule has 1 amide bonds. The molecule has 11 heavy (non-hydrogen) atoms. The van der Waals surface area contributed by atoms with Crippen LogP contribution in [0.3, 0.4) is 0 Å². The lowest BCUT2D eigenvalue weighted by atomic mass is 10.1. The molecule has 2 rings (SSSR count). The molecule has 0 spiro atoms. The molecule has 3 nitrogen and oxygen atoms in total. The van der Waals surface area contributed by atoms with Crippen LogP contribution < -0.4 is 11.1 Å². The summed E-state index contributed by atoms with van der Waals surface area (Å²) in [6.07, 6.45) is 3.35. The smallest absolute Gasteiger partial charge is 0.238 e. The Hall–Kier alpha value is -0.280. The Labute approximate surface area is 72.1 Å². The zero-order chi connectivity index (χ0) is 7.19. The van der Waals surface area contributed by atoms with Gasteiger partial charge in [-0.25, -0.2) is 0 Å². The van der Waals surface area contributed by atoms with Crippen molar-refractivity contribution in [1.82, 2.24) is 5.32 Å². The number of fused-ring (bicyclic) bond motifs is 1. The Kier molecular flexibility index (Phi) is 2.12. The molecule has 1 unspecified atom stereocenters. The first-order valence-corrected chi connectivity index (χ1v) is 3.81. The number of hydrogen-bond acceptors (Lipinski definition) is 2. The molecule has 1 aliphatic heterocycles. The van der Waals surface area contributed by atoms with Crippen molar-refractivity contribution in [3.63, 3.8) is 0 Å². The summed E-state index contributed by atoms with van der Waals surface area (Å²) in [6.45, 7) is 0.958. The van der Waals surface area contributed by atoms with E-state index in [-0.39, 0.29) is 23.9 Å². The van der Waals surface area contributed by atoms with Gasteiger partial charge < -0.3 is 11.1 Å². The predicted molar refractivity (Wildman–Crippen MR) is 44.5 cm³/mol. The molecule has 1 saturated carbocycles. The van der Waals surface area contributed by atoms with E-state index in [0.29, 0.717) is 5.92 Å². The van der Waals surface area contributed by atoms with E-state index in [2.05, 4.69) is 5.32 Å². The third-order valence-corrected chi connectivity index (χ3v) is 2.71. The maximum absolute atomic E-state index is 10.9. The highest BCUT2D eigenvalue weighted by atomic mass is 35.5. The van der Waals surface area contributed by atoms with Crippen LogP contribution in [0.15, 0.2) is 0 Å². The van der Waals surface area contributed by atoms with Crippen molar-refractivity contribution in [1.29, 1.82) is 0 Å². The Morgan fingerprint density at radius 2 is 2.36 bits per heavy atom. The maximum atomic E-state index is 10.9. The number of nitrogens with one attached hydrogen (secondary N) is 1. The molecule has 1 heterocycles. The zero-order valence-corrected chi connectivity index (χ0v) is 7.12. The summed E-state index contributed by atoms with van der Waals surface area (Å²) in [6, 6.07) is 0. The highest BCUT2D eigenvalue weighted by molar-refractivity contribution is 5.88. The van der Waals surface area contributed by atoms with Crippen LogP contribution in [0.25, 0.3) is 0 Å². The van der Waals surface area contributed by atoms with E-state index >= 15 is 0 Å². The average Bonchev–Trinajstić information content (AvgIpc) is 2.61. The molecule has 64 valence electrons. The van der Waals surface area contributed by atoms with Crippen molar-refractivity contribution in [2.24, 2.45) is 11.7 Å². The minimum absolute atomic E-state index is 0. The Morgan fingerprint density at radius 1 is 1.64 bits per heavy atom. The second-order valence-corrected chi connectivity index (χ2v) is 3.31. The highest BCUT2D eigenvalue weighted by Crippen LogP contribution is 2.48. The summed E-state index contributed by atoms with van der Waals surface area (Å²) in [7, 11) is 0. The summed E-state index contributed by atoms with van der Waals surface area (Å²) >= 11 is 0. The number of rotatable bonds is 1. The molecule has 0 aromatic rings. The van der Waals surface area contributed by atoms with Crippen molar-refractivity contribution in [3.8, 4) is 0 Å². The van der Waals surface area contributed by atoms with Crippen molar-refractivity contribution in [2.45, 2.75) is 24.8 Å². The highest BCUT2D eigenvalue weighted by Gasteiger charge is 2.59. The number of amides is 1. The van der Waals surface area contributed by atoms with Gasteiger partial charge in [-0.2, -0.15) is 0 Å². The molecule has 1 saturated heterocycles. The number of carbonyl (C=O) groups excluding carboxylic acids is 1. The third-order valence-electron chi connectivity index (χ3n) is 2.71. The van der Waals surface area contributed by atoms with Crippen LogP contribution in [0, 0.1) is 5.92 Å². The SMILES string of the molecule is Cl.NC(=O)[C@]12CC1CCCN2. The van der Waals surface area contributed by atoms with E-state index in [1.165, 1.54) is 12.8 Å².